The van der Waals surface area contributed by atoms with E-state index in [1.165, 1.54) is 0 Å². The van der Waals surface area contributed by atoms with Gasteiger partial charge >= 0.3 is 0 Å². The van der Waals surface area contributed by atoms with Crippen molar-refractivity contribution >= 4 is 48.0 Å². The van der Waals surface area contributed by atoms with Crippen LogP contribution < -0.4 is 0 Å². The Hall–Kier alpha value is 1.30. The van der Waals surface area contributed by atoms with E-state index in [9.17, 15) is 0 Å². The second kappa shape index (κ2) is 6.04. The monoisotopic (exact) mass is 221 g/mol. The summed E-state index contributed by atoms with van der Waals surface area (Å²) in [5.41, 5.74) is 0. The molecule has 0 fully saturated rings. The quantitative estimate of drug-likeness (QED) is 0.434. The fourth-order valence-electron chi connectivity index (χ4n) is 0. The molecule has 0 aromatic heterocycles. The minimum absolute atomic E-state index is 0.935. The van der Waals surface area contributed by atoms with E-state index < -0.39 is 14.8 Å². The van der Waals surface area contributed by atoms with E-state index in [2.05, 4.69) is 19.6 Å². The first-order valence-corrected chi connectivity index (χ1v) is 11.1. The van der Waals surface area contributed by atoms with Gasteiger partial charge in [-0.15, -0.1) is 22.2 Å². The molecule has 5 heteroatoms. The summed E-state index contributed by atoms with van der Waals surface area (Å²) in [5, 5.41) is 0. The highest BCUT2D eigenvalue weighted by molar-refractivity contribution is 7.33. The number of hydrogen-bond acceptors (Lipinski definition) is 0. The minimum atomic E-state index is -1.14. The van der Waals surface area contributed by atoms with Gasteiger partial charge in [0, 0.05) is 0 Å². The van der Waals surface area contributed by atoms with E-state index in [1.54, 1.807) is 6.55 Å². The van der Waals surface area contributed by atoms with E-state index >= 15 is 0 Å². The Bertz CT molecular complexity index is 50.6. The molecule has 0 N–H and O–H groups in total. The third-order valence-electron chi connectivity index (χ3n) is 0. The second-order valence-corrected chi connectivity index (χ2v) is 14.9. The fourth-order valence-corrected chi connectivity index (χ4v) is 0. The predicted octanol–water partition coefficient (Wildman–Crippen LogP) is 3.64. The van der Waals surface area contributed by atoms with Crippen molar-refractivity contribution in [2.45, 2.75) is 26.2 Å². The lowest BCUT2D eigenvalue weighted by atomic mass is 11.8. The molecule has 0 unspecified atom stereocenters. The molecule has 0 atom stereocenters. The summed E-state index contributed by atoms with van der Waals surface area (Å²) in [4.78, 5) is 0. The van der Waals surface area contributed by atoms with Gasteiger partial charge in [0.25, 0.3) is 7.42 Å². The van der Waals surface area contributed by atoms with Gasteiger partial charge in [-0.1, -0.05) is 19.6 Å². The van der Waals surface area contributed by atoms with Crippen molar-refractivity contribution < 1.29 is 0 Å². The Morgan fingerprint density at radius 2 is 1.11 bits per heavy atom. The zero-order valence-corrected chi connectivity index (χ0v) is 10.4. The van der Waals surface area contributed by atoms with Crippen molar-refractivity contribution in [1.29, 1.82) is 0 Å². The Morgan fingerprint density at radius 3 is 1.11 bits per heavy atom. The largest absolute Gasteiger partial charge is 0.270 e. The molecular formula is C4H12Cl3Si2. The first-order valence-electron chi connectivity index (χ1n) is 2.57. The lowest BCUT2D eigenvalue weighted by Crippen LogP contribution is -2.06. The van der Waals surface area contributed by atoms with Crippen LogP contribution in [0.1, 0.15) is 0 Å². The summed E-state index contributed by atoms with van der Waals surface area (Å²) in [6.07, 6.45) is 0. The van der Waals surface area contributed by atoms with Crippen LogP contribution in [0.5, 0.6) is 0 Å². The third kappa shape index (κ3) is 292. The van der Waals surface area contributed by atoms with Crippen LogP contribution in [0.4, 0.5) is 0 Å². The Labute approximate surface area is 74.2 Å². The van der Waals surface area contributed by atoms with Crippen LogP contribution in [0, 0.1) is 0 Å². The highest BCUT2D eigenvalue weighted by atomic mass is 35.7. The van der Waals surface area contributed by atoms with E-state index in [4.69, 9.17) is 33.2 Å². The van der Waals surface area contributed by atoms with Crippen molar-refractivity contribution in [3.05, 3.63) is 0 Å². The van der Waals surface area contributed by atoms with Crippen LogP contribution in [0.2, 0.25) is 26.2 Å². The summed E-state index contributed by atoms with van der Waals surface area (Å²) in [7, 11) is -2.07. The van der Waals surface area contributed by atoms with E-state index in [0.717, 1.165) is 0 Å². The predicted molar refractivity (Wildman–Crippen MR) is 52.5 cm³/mol. The Morgan fingerprint density at radius 1 is 1.11 bits per heavy atom. The van der Waals surface area contributed by atoms with Gasteiger partial charge in [-0.25, -0.2) is 0 Å². The van der Waals surface area contributed by atoms with Gasteiger partial charge < -0.3 is 0 Å². The number of hydrogen-bond donors (Lipinski definition) is 0. The summed E-state index contributed by atoms with van der Waals surface area (Å²) >= 11 is 16.0. The smallest absolute Gasteiger partial charge is 0.168 e. The van der Waals surface area contributed by atoms with E-state index in [1.807, 2.05) is 0 Å². The first kappa shape index (κ1) is 12.9. The topological polar surface area (TPSA) is 0 Å². The number of halogens is 3. The third-order valence-corrected chi connectivity index (χ3v) is 0. The summed E-state index contributed by atoms with van der Waals surface area (Å²) in [5.74, 6) is 0. The lowest BCUT2D eigenvalue weighted by molar-refractivity contribution is 1.87. The van der Waals surface area contributed by atoms with Crippen molar-refractivity contribution in [3.63, 3.8) is 0 Å². The average Bonchev–Trinajstić information content (AvgIpc) is 1.19. The number of rotatable bonds is 0. The van der Waals surface area contributed by atoms with Gasteiger partial charge in [0.1, 0.15) is 7.38 Å². The Balaban J connectivity index is 0. The van der Waals surface area contributed by atoms with E-state index in [-0.39, 0.29) is 0 Å². The van der Waals surface area contributed by atoms with Crippen LogP contribution in [-0.2, 0) is 0 Å². The molecule has 0 spiro atoms. The molecule has 57 valence electrons. The molecule has 1 radical (unpaired) electrons. The molecule has 0 saturated heterocycles. The molecule has 0 aliphatic heterocycles. The maximum Gasteiger partial charge on any atom is 0.270 e. The molecule has 0 rings (SSSR count). The summed E-state index contributed by atoms with van der Waals surface area (Å²) in [6, 6.07) is 0. The van der Waals surface area contributed by atoms with Gasteiger partial charge in [-0.3, -0.25) is 0 Å². The van der Waals surface area contributed by atoms with Crippen LogP contribution in [0.15, 0.2) is 0 Å². The van der Waals surface area contributed by atoms with Crippen molar-refractivity contribution in [2.75, 3.05) is 0 Å². The van der Waals surface area contributed by atoms with Crippen LogP contribution >= 0.6 is 33.2 Å². The van der Waals surface area contributed by atoms with Gasteiger partial charge in [0.15, 0.2) is 0 Å². The lowest BCUT2D eigenvalue weighted by Gasteiger charge is -1.97. The summed E-state index contributed by atoms with van der Waals surface area (Å²) in [6.45, 7) is 8.07. The molecule has 0 amide bonds. The highest BCUT2D eigenvalue weighted by Gasteiger charge is 2.04. The molecule has 0 heterocycles. The zero-order valence-electron chi connectivity index (χ0n) is 6.13. The molecule has 0 aliphatic rings. The highest BCUT2D eigenvalue weighted by Crippen LogP contribution is 2.03. The molecule has 9 heavy (non-hydrogen) atoms. The zero-order chi connectivity index (χ0) is 8.08. The van der Waals surface area contributed by atoms with Crippen molar-refractivity contribution in [1.82, 2.24) is 0 Å². The van der Waals surface area contributed by atoms with Gasteiger partial charge in [-0.05, 0) is 6.55 Å². The van der Waals surface area contributed by atoms with E-state index in [0.29, 0.717) is 0 Å². The molecule has 0 aromatic rings. The first-order chi connectivity index (χ1) is 3.73. The summed E-state index contributed by atoms with van der Waals surface area (Å²) < 4.78 is 0. The van der Waals surface area contributed by atoms with Crippen molar-refractivity contribution in [3.8, 4) is 0 Å². The molecule has 0 bridgehead atoms. The fraction of sp³-hybridized carbons (Fsp3) is 1.00. The van der Waals surface area contributed by atoms with Gasteiger partial charge in [-0.2, -0.15) is 11.1 Å². The SMILES string of the molecule is C[Si](C)(C)Cl.C[Si](Cl)Cl. The molecule has 0 saturated carbocycles. The van der Waals surface area contributed by atoms with Gasteiger partial charge in [0.05, 0.1) is 0 Å². The maximum absolute atomic E-state index is 5.67. The second-order valence-electron chi connectivity index (χ2n) is 2.52. The van der Waals surface area contributed by atoms with Crippen LogP contribution in [0.3, 0.4) is 0 Å². The van der Waals surface area contributed by atoms with Gasteiger partial charge in [0.2, 0.25) is 0 Å². The van der Waals surface area contributed by atoms with Crippen molar-refractivity contribution in [2.24, 2.45) is 0 Å². The standard InChI is InChI=1S/C3H9ClSi.CH3Cl2Si/c1-5(2,3)4;1-4(2)3/h1-3H3;1H3. The normalized spacial score (nSPS) is 10.7. The van der Waals surface area contributed by atoms with Crippen LogP contribution in [-0.4, -0.2) is 14.8 Å². The minimum Gasteiger partial charge on any atom is -0.168 e. The Kier molecular flexibility index (Phi) is 8.68. The molecular weight excluding hydrogens is 211 g/mol. The van der Waals surface area contributed by atoms with Crippen LogP contribution in [0.25, 0.3) is 0 Å². The molecule has 0 nitrogen and oxygen atoms in total. The maximum atomic E-state index is 5.67. The average molecular weight is 223 g/mol. The molecule has 0 aliphatic carbocycles. The molecule has 0 aromatic carbocycles.